The number of hydrogen-bond acceptors (Lipinski definition) is 3. The second-order valence-electron chi connectivity index (χ2n) is 3.58. The van der Waals surface area contributed by atoms with Gasteiger partial charge in [-0.05, 0) is 24.6 Å². The van der Waals surface area contributed by atoms with Crippen LogP contribution < -0.4 is 10.1 Å². The van der Waals surface area contributed by atoms with Gasteiger partial charge < -0.3 is 15.2 Å². The highest BCUT2D eigenvalue weighted by molar-refractivity contribution is 9.10. The Bertz CT molecular complexity index is 448. The van der Waals surface area contributed by atoms with E-state index in [-0.39, 0.29) is 23.8 Å². The zero-order valence-corrected chi connectivity index (χ0v) is 11.5. The molecule has 0 aliphatic heterocycles. The largest absolute Gasteiger partial charge is 0.483 e. The van der Waals surface area contributed by atoms with Crippen LogP contribution in [0.25, 0.3) is 0 Å². The quantitative estimate of drug-likeness (QED) is 0.842. The average molecular weight is 316 g/mol. The Morgan fingerprint density at radius 3 is 2.78 bits per heavy atom. The monoisotopic (exact) mass is 315 g/mol. The molecule has 0 spiro atoms. The van der Waals surface area contributed by atoms with Crippen molar-refractivity contribution in [3.05, 3.63) is 28.2 Å². The van der Waals surface area contributed by atoms with Gasteiger partial charge in [-0.1, -0.05) is 22.9 Å². The van der Waals surface area contributed by atoms with E-state index in [2.05, 4.69) is 21.2 Å². The van der Waals surface area contributed by atoms with E-state index < -0.39 is 5.97 Å². The van der Waals surface area contributed by atoms with Crippen LogP contribution in [0.2, 0.25) is 0 Å². The van der Waals surface area contributed by atoms with Gasteiger partial charge >= 0.3 is 5.97 Å². The number of carboxylic acid groups (broad SMARTS) is 1. The number of carbonyl (C=O) groups is 2. The highest BCUT2D eigenvalue weighted by Gasteiger charge is 2.12. The van der Waals surface area contributed by atoms with Gasteiger partial charge in [-0.2, -0.15) is 0 Å². The first kappa shape index (κ1) is 14.5. The van der Waals surface area contributed by atoms with Gasteiger partial charge in [-0.25, -0.2) is 4.79 Å². The molecule has 5 nitrogen and oxygen atoms in total. The Morgan fingerprint density at radius 1 is 1.44 bits per heavy atom. The molecule has 0 fully saturated rings. The Balaban J connectivity index is 2.68. The summed E-state index contributed by atoms with van der Waals surface area (Å²) in [6.07, 6.45) is 0.836. The molecule has 0 saturated carbocycles. The number of halogens is 1. The number of nitrogens with one attached hydrogen (secondary N) is 1. The summed E-state index contributed by atoms with van der Waals surface area (Å²) in [6.45, 7) is 2.32. The Morgan fingerprint density at radius 2 is 2.17 bits per heavy atom. The molecule has 0 unspecified atom stereocenters. The number of carbonyl (C=O) groups excluding carboxylic acids is 1. The lowest BCUT2D eigenvalue weighted by molar-refractivity contribution is -0.123. The summed E-state index contributed by atoms with van der Waals surface area (Å²) >= 11 is 3.22. The molecule has 1 amide bonds. The van der Waals surface area contributed by atoms with Gasteiger partial charge in [0.2, 0.25) is 0 Å². The molecule has 18 heavy (non-hydrogen) atoms. The van der Waals surface area contributed by atoms with Crippen molar-refractivity contribution in [1.29, 1.82) is 0 Å². The molecule has 1 aromatic carbocycles. The fraction of sp³-hybridized carbons (Fsp3) is 0.333. The van der Waals surface area contributed by atoms with Crippen molar-refractivity contribution in [1.82, 2.24) is 5.32 Å². The van der Waals surface area contributed by atoms with Crippen LogP contribution in [0.4, 0.5) is 0 Å². The van der Waals surface area contributed by atoms with Crippen LogP contribution in [-0.2, 0) is 4.79 Å². The fourth-order valence-electron chi connectivity index (χ4n) is 1.25. The summed E-state index contributed by atoms with van der Waals surface area (Å²) in [7, 11) is 0. The van der Waals surface area contributed by atoms with Gasteiger partial charge in [0.05, 0.1) is 0 Å². The molecular formula is C12H14BrNO4. The zero-order valence-electron chi connectivity index (χ0n) is 9.90. The van der Waals surface area contributed by atoms with Crippen LogP contribution >= 0.6 is 15.9 Å². The minimum Gasteiger partial charge on any atom is -0.483 e. The van der Waals surface area contributed by atoms with Gasteiger partial charge in [0, 0.05) is 11.0 Å². The Kier molecular flexibility index (Phi) is 5.64. The Hall–Kier alpha value is -1.56. The average Bonchev–Trinajstić information content (AvgIpc) is 2.33. The van der Waals surface area contributed by atoms with Gasteiger partial charge in [0.25, 0.3) is 5.91 Å². The summed E-state index contributed by atoms with van der Waals surface area (Å²) < 4.78 is 5.91. The molecule has 0 saturated heterocycles. The van der Waals surface area contributed by atoms with E-state index in [1.54, 1.807) is 6.07 Å². The molecule has 1 aromatic rings. The third-order valence-corrected chi connectivity index (χ3v) is 2.60. The molecule has 0 bridgehead atoms. The van der Waals surface area contributed by atoms with Gasteiger partial charge in [-0.15, -0.1) is 0 Å². The number of rotatable bonds is 6. The lowest BCUT2D eigenvalue weighted by atomic mass is 10.2. The minimum atomic E-state index is -1.09. The second kappa shape index (κ2) is 7.00. The number of aromatic carboxylic acids is 1. The molecule has 6 heteroatoms. The number of carboxylic acids is 1. The molecule has 98 valence electrons. The number of benzene rings is 1. The van der Waals surface area contributed by atoms with Crippen molar-refractivity contribution in [2.24, 2.45) is 0 Å². The maximum absolute atomic E-state index is 11.3. The van der Waals surface area contributed by atoms with Crippen molar-refractivity contribution in [2.75, 3.05) is 13.2 Å². The number of hydrogen-bond donors (Lipinski definition) is 2. The lowest BCUT2D eigenvalue weighted by Crippen LogP contribution is -2.29. The van der Waals surface area contributed by atoms with E-state index in [9.17, 15) is 9.59 Å². The number of amides is 1. The molecule has 0 radical (unpaired) electrons. The molecule has 0 aliphatic rings. The lowest BCUT2D eigenvalue weighted by Gasteiger charge is -2.09. The molecule has 1 rings (SSSR count). The standard InChI is InChI=1S/C12H14BrNO4/c1-2-5-14-11(15)7-18-10-6-8(13)3-4-9(10)12(16)17/h3-4,6H,2,5,7H2,1H3,(H,14,15)(H,16,17). The molecule has 0 aliphatic carbocycles. The van der Waals surface area contributed by atoms with Crippen molar-refractivity contribution in [3.63, 3.8) is 0 Å². The van der Waals surface area contributed by atoms with Crippen LogP contribution in [0.5, 0.6) is 5.75 Å². The third kappa shape index (κ3) is 4.37. The maximum Gasteiger partial charge on any atom is 0.339 e. The predicted molar refractivity (Wildman–Crippen MR) is 69.9 cm³/mol. The third-order valence-electron chi connectivity index (χ3n) is 2.11. The van der Waals surface area contributed by atoms with Crippen LogP contribution in [0, 0.1) is 0 Å². The molecule has 2 N–H and O–H groups in total. The summed E-state index contributed by atoms with van der Waals surface area (Å²) in [5.41, 5.74) is 0.0292. The maximum atomic E-state index is 11.3. The summed E-state index contributed by atoms with van der Waals surface area (Å²) in [4.78, 5) is 22.3. The van der Waals surface area contributed by atoms with Crippen molar-refractivity contribution < 1.29 is 19.4 Å². The van der Waals surface area contributed by atoms with Gasteiger partial charge in [0.15, 0.2) is 6.61 Å². The van der Waals surface area contributed by atoms with Gasteiger partial charge in [0.1, 0.15) is 11.3 Å². The fourth-order valence-corrected chi connectivity index (χ4v) is 1.59. The van der Waals surface area contributed by atoms with Crippen LogP contribution in [0.1, 0.15) is 23.7 Å². The molecular weight excluding hydrogens is 302 g/mol. The first-order valence-electron chi connectivity index (χ1n) is 5.47. The summed E-state index contributed by atoms with van der Waals surface area (Å²) in [5.74, 6) is -1.19. The van der Waals surface area contributed by atoms with Crippen LogP contribution in [-0.4, -0.2) is 30.1 Å². The smallest absolute Gasteiger partial charge is 0.339 e. The van der Waals surface area contributed by atoms with Gasteiger partial charge in [-0.3, -0.25) is 4.79 Å². The molecule has 0 aromatic heterocycles. The zero-order chi connectivity index (χ0) is 13.5. The van der Waals surface area contributed by atoms with Crippen molar-refractivity contribution in [2.45, 2.75) is 13.3 Å². The first-order valence-corrected chi connectivity index (χ1v) is 6.26. The summed E-state index contributed by atoms with van der Waals surface area (Å²) in [5, 5.41) is 11.6. The van der Waals surface area contributed by atoms with Crippen LogP contribution in [0.3, 0.4) is 0 Å². The normalized spacial score (nSPS) is 9.89. The minimum absolute atomic E-state index is 0.0292. The van der Waals surface area contributed by atoms with Crippen LogP contribution in [0.15, 0.2) is 22.7 Å². The highest BCUT2D eigenvalue weighted by atomic mass is 79.9. The number of ether oxygens (including phenoxy) is 1. The topological polar surface area (TPSA) is 75.6 Å². The van der Waals surface area contributed by atoms with E-state index in [0.29, 0.717) is 11.0 Å². The molecule has 0 heterocycles. The molecule has 0 atom stereocenters. The first-order chi connectivity index (χ1) is 8.54. The highest BCUT2D eigenvalue weighted by Crippen LogP contribution is 2.23. The van der Waals surface area contributed by atoms with E-state index >= 15 is 0 Å². The van der Waals surface area contributed by atoms with E-state index in [4.69, 9.17) is 9.84 Å². The van der Waals surface area contributed by atoms with E-state index in [0.717, 1.165) is 6.42 Å². The van der Waals surface area contributed by atoms with Crippen molar-refractivity contribution >= 4 is 27.8 Å². The SMILES string of the molecule is CCCNC(=O)COc1cc(Br)ccc1C(=O)O. The van der Waals surface area contributed by atoms with E-state index in [1.165, 1.54) is 12.1 Å². The van der Waals surface area contributed by atoms with Crippen molar-refractivity contribution in [3.8, 4) is 5.75 Å². The Labute approximate surface area is 113 Å². The van der Waals surface area contributed by atoms with E-state index in [1.807, 2.05) is 6.92 Å². The predicted octanol–water partition coefficient (Wildman–Crippen LogP) is 2.05. The summed E-state index contributed by atoms with van der Waals surface area (Å²) in [6, 6.07) is 4.55. The second-order valence-corrected chi connectivity index (χ2v) is 4.50.